The molecule has 1 fully saturated rings. The summed E-state index contributed by atoms with van der Waals surface area (Å²) in [5.41, 5.74) is 1.09. The molecule has 1 aliphatic rings. The van der Waals surface area contributed by atoms with Gasteiger partial charge in [-0.2, -0.15) is 0 Å². The van der Waals surface area contributed by atoms with Gasteiger partial charge >= 0.3 is 13.2 Å². The maximum absolute atomic E-state index is 12.3. The van der Waals surface area contributed by atoms with Gasteiger partial charge in [-0.3, -0.25) is 0 Å². The van der Waals surface area contributed by atoms with Gasteiger partial charge in [0.15, 0.2) is 0 Å². The second-order valence-electron chi connectivity index (χ2n) is 7.61. The van der Waals surface area contributed by atoms with Crippen LogP contribution in [0.5, 0.6) is 0 Å². The zero-order chi connectivity index (χ0) is 17.7. The Hall–Kier alpha value is -1.53. The molecule has 132 valence electrons. The van der Waals surface area contributed by atoms with E-state index in [1.54, 1.807) is 6.07 Å². The van der Waals surface area contributed by atoms with Gasteiger partial charge in [0.2, 0.25) is 0 Å². The maximum Gasteiger partial charge on any atom is 0.488 e. The fraction of sp³-hybridized carbons (Fsp3) is 0.611. The number of hydrogen-bond donors (Lipinski definition) is 2. The third kappa shape index (κ3) is 5.84. The summed E-state index contributed by atoms with van der Waals surface area (Å²) in [7, 11) is -1.45. The van der Waals surface area contributed by atoms with Gasteiger partial charge in [0.1, 0.15) is 5.60 Å². The number of nitrogens with zero attached hydrogens (tertiary/aromatic N) is 1. The number of carbonyl (C=O) groups is 1. The second-order valence-corrected chi connectivity index (χ2v) is 7.61. The SMILES string of the molecule is CC(C)(C)OC(=O)N1CCCCC(Cc2cccc(B(O)O)c2)C1. The first-order chi connectivity index (χ1) is 11.2. The van der Waals surface area contributed by atoms with Crippen molar-refractivity contribution in [3.8, 4) is 0 Å². The van der Waals surface area contributed by atoms with Crippen molar-refractivity contribution < 1.29 is 19.6 Å². The van der Waals surface area contributed by atoms with Crippen molar-refractivity contribution in [1.29, 1.82) is 0 Å². The van der Waals surface area contributed by atoms with Crippen LogP contribution in [0, 0.1) is 5.92 Å². The zero-order valence-electron chi connectivity index (χ0n) is 14.9. The number of likely N-dealkylation sites (tertiary alicyclic amines) is 1. The van der Waals surface area contributed by atoms with Gasteiger partial charge < -0.3 is 19.7 Å². The van der Waals surface area contributed by atoms with Crippen molar-refractivity contribution in [3.63, 3.8) is 0 Å². The van der Waals surface area contributed by atoms with Crippen LogP contribution in [0.25, 0.3) is 0 Å². The molecule has 5 nitrogen and oxygen atoms in total. The Labute approximate surface area is 144 Å². The number of hydrogen-bond acceptors (Lipinski definition) is 4. The fourth-order valence-corrected chi connectivity index (χ4v) is 3.10. The molecular formula is C18H28BNO4. The molecule has 0 spiro atoms. The molecule has 6 heteroatoms. The highest BCUT2D eigenvalue weighted by molar-refractivity contribution is 6.58. The molecular weight excluding hydrogens is 305 g/mol. The highest BCUT2D eigenvalue weighted by Crippen LogP contribution is 2.22. The molecule has 0 aromatic heterocycles. The average Bonchev–Trinajstić information content (AvgIpc) is 2.71. The van der Waals surface area contributed by atoms with E-state index < -0.39 is 12.7 Å². The van der Waals surface area contributed by atoms with Gasteiger partial charge in [0, 0.05) is 13.1 Å². The van der Waals surface area contributed by atoms with Crippen LogP contribution in [0.4, 0.5) is 4.79 Å². The van der Waals surface area contributed by atoms with Gasteiger partial charge in [-0.15, -0.1) is 0 Å². The summed E-state index contributed by atoms with van der Waals surface area (Å²) in [6.45, 7) is 7.06. The van der Waals surface area contributed by atoms with Gasteiger partial charge in [-0.25, -0.2) is 4.79 Å². The molecule has 1 aromatic carbocycles. The van der Waals surface area contributed by atoms with E-state index in [4.69, 9.17) is 4.74 Å². The van der Waals surface area contributed by atoms with Crippen molar-refractivity contribution in [1.82, 2.24) is 4.90 Å². The van der Waals surface area contributed by atoms with Crippen LogP contribution in [0.3, 0.4) is 0 Å². The van der Waals surface area contributed by atoms with E-state index in [1.165, 1.54) is 0 Å². The minimum Gasteiger partial charge on any atom is -0.444 e. The highest BCUT2D eigenvalue weighted by Gasteiger charge is 2.26. The third-order valence-electron chi connectivity index (χ3n) is 4.19. The molecule has 0 aliphatic carbocycles. The quantitative estimate of drug-likeness (QED) is 0.830. The van der Waals surface area contributed by atoms with Crippen molar-refractivity contribution >= 4 is 18.7 Å². The summed E-state index contributed by atoms with van der Waals surface area (Å²) in [5.74, 6) is 0.353. The van der Waals surface area contributed by atoms with E-state index >= 15 is 0 Å². The molecule has 1 atom stereocenters. The molecule has 1 unspecified atom stereocenters. The van der Waals surface area contributed by atoms with Crippen LogP contribution in [0.15, 0.2) is 24.3 Å². The van der Waals surface area contributed by atoms with Gasteiger partial charge in [-0.05, 0) is 57.0 Å². The monoisotopic (exact) mass is 333 g/mol. The predicted octanol–water partition coefficient (Wildman–Crippen LogP) is 1.95. The van der Waals surface area contributed by atoms with E-state index in [2.05, 4.69) is 0 Å². The smallest absolute Gasteiger partial charge is 0.444 e. The second kappa shape index (κ2) is 8.03. The lowest BCUT2D eigenvalue weighted by molar-refractivity contribution is 0.0234. The number of rotatable bonds is 3. The van der Waals surface area contributed by atoms with Crippen LogP contribution in [-0.2, 0) is 11.2 Å². The van der Waals surface area contributed by atoms with E-state index in [0.29, 0.717) is 17.9 Å². The summed E-state index contributed by atoms with van der Waals surface area (Å²) < 4.78 is 5.50. The first-order valence-electron chi connectivity index (χ1n) is 8.67. The summed E-state index contributed by atoms with van der Waals surface area (Å²) in [6.07, 6.45) is 3.72. The average molecular weight is 333 g/mol. The van der Waals surface area contributed by atoms with Crippen LogP contribution >= 0.6 is 0 Å². The fourth-order valence-electron chi connectivity index (χ4n) is 3.10. The Balaban J connectivity index is 2.02. The lowest BCUT2D eigenvalue weighted by Crippen LogP contribution is -2.39. The molecule has 2 rings (SSSR count). The summed E-state index contributed by atoms with van der Waals surface area (Å²) >= 11 is 0. The summed E-state index contributed by atoms with van der Waals surface area (Å²) in [4.78, 5) is 14.2. The molecule has 0 saturated carbocycles. The summed E-state index contributed by atoms with van der Waals surface area (Å²) in [6, 6.07) is 7.36. The van der Waals surface area contributed by atoms with Crippen LogP contribution < -0.4 is 5.46 Å². The van der Waals surface area contributed by atoms with Crippen molar-refractivity contribution in [2.75, 3.05) is 13.1 Å². The normalized spacial score (nSPS) is 18.9. The van der Waals surface area contributed by atoms with E-state index in [1.807, 2.05) is 43.9 Å². The molecule has 1 aliphatic heterocycles. The molecule has 24 heavy (non-hydrogen) atoms. The molecule has 0 radical (unpaired) electrons. The van der Waals surface area contributed by atoms with Gasteiger partial charge in [0.25, 0.3) is 0 Å². The minimum atomic E-state index is -1.45. The van der Waals surface area contributed by atoms with E-state index in [9.17, 15) is 14.8 Å². The van der Waals surface area contributed by atoms with Crippen molar-refractivity contribution in [3.05, 3.63) is 29.8 Å². The Kier molecular flexibility index (Phi) is 6.30. The first kappa shape index (κ1) is 18.8. The molecule has 1 aromatic rings. The van der Waals surface area contributed by atoms with E-state index in [0.717, 1.165) is 37.8 Å². The number of carbonyl (C=O) groups excluding carboxylic acids is 1. The Morgan fingerprint density at radius 2 is 2.08 bits per heavy atom. The zero-order valence-corrected chi connectivity index (χ0v) is 14.9. The lowest BCUT2D eigenvalue weighted by Gasteiger charge is -2.28. The largest absolute Gasteiger partial charge is 0.488 e. The molecule has 0 bridgehead atoms. The highest BCUT2D eigenvalue weighted by atomic mass is 16.6. The first-order valence-corrected chi connectivity index (χ1v) is 8.67. The van der Waals surface area contributed by atoms with Crippen molar-refractivity contribution in [2.24, 2.45) is 5.92 Å². The molecule has 1 heterocycles. The summed E-state index contributed by atoms with van der Waals surface area (Å²) in [5, 5.41) is 18.6. The number of amides is 1. The maximum atomic E-state index is 12.3. The Bertz CT molecular complexity index is 556. The predicted molar refractivity (Wildman–Crippen MR) is 95.1 cm³/mol. The third-order valence-corrected chi connectivity index (χ3v) is 4.19. The Morgan fingerprint density at radius 1 is 1.33 bits per heavy atom. The molecule has 1 amide bonds. The topological polar surface area (TPSA) is 70.0 Å². The molecule has 2 N–H and O–H groups in total. The van der Waals surface area contributed by atoms with Crippen LogP contribution in [0.1, 0.15) is 45.6 Å². The van der Waals surface area contributed by atoms with E-state index in [-0.39, 0.29) is 6.09 Å². The lowest BCUT2D eigenvalue weighted by atomic mass is 9.79. The minimum absolute atomic E-state index is 0.242. The number of ether oxygens (including phenoxy) is 1. The Morgan fingerprint density at radius 3 is 2.75 bits per heavy atom. The standard InChI is InChI=1S/C18H28BNO4/c1-18(2,3)24-17(21)20-10-5-4-7-15(13-20)11-14-8-6-9-16(12-14)19(22)23/h6,8-9,12,15,22-23H,4-5,7,10-11,13H2,1-3H3. The van der Waals surface area contributed by atoms with Gasteiger partial charge in [-0.1, -0.05) is 30.7 Å². The molecule has 1 saturated heterocycles. The van der Waals surface area contributed by atoms with Crippen LogP contribution in [-0.4, -0.2) is 46.9 Å². The van der Waals surface area contributed by atoms with Crippen LogP contribution in [0.2, 0.25) is 0 Å². The van der Waals surface area contributed by atoms with Gasteiger partial charge in [0.05, 0.1) is 0 Å². The number of benzene rings is 1. The van der Waals surface area contributed by atoms with Crippen molar-refractivity contribution in [2.45, 2.75) is 52.1 Å².